The van der Waals surface area contributed by atoms with E-state index in [-0.39, 0.29) is 11.6 Å². The van der Waals surface area contributed by atoms with Crippen molar-refractivity contribution in [2.45, 2.75) is 10.1 Å². The van der Waals surface area contributed by atoms with Crippen molar-refractivity contribution < 1.29 is 19.1 Å². The Bertz CT molecular complexity index is 2210. The molecule has 0 spiro atoms. The Balaban J connectivity index is 1.19. The molecule has 5 aromatic carbocycles. The first-order valence-corrected chi connectivity index (χ1v) is 18.4. The highest BCUT2D eigenvalue weighted by Crippen LogP contribution is 2.38. The van der Waals surface area contributed by atoms with Crippen LogP contribution in [0.4, 0.5) is 10.8 Å². The lowest BCUT2D eigenvalue weighted by Crippen LogP contribution is -2.30. The largest absolute Gasteiger partial charge is 0.496 e. The monoisotopic (exact) mass is 764 g/mol. The number of methoxy groups -OCH3 is 1. The number of hydrogen-bond donors (Lipinski definition) is 3. The van der Waals surface area contributed by atoms with E-state index < -0.39 is 17.1 Å². The zero-order chi connectivity index (χ0) is 36.5. The van der Waals surface area contributed by atoms with Crippen LogP contribution in [0.1, 0.15) is 26.7 Å². The summed E-state index contributed by atoms with van der Waals surface area (Å²) in [6, 6.07) is 37.6. The van der Waals surface area contributed by atoms with E-state index in [0.29, 0.717) is 43.4 Å². The molecule has 0 aliphatic carbocycles. The molecule has 6 rings (SSSR count). The molecule has 0 fully saturated rings. The predicted octanol–water partition coefficient (Wildman–Crippen LogP) is 10.0. The summed E-state index contributed by atoms with van der Waals surface area (Å²) in [5.41, 5.74) is 3.51. The van der Waals surface area contributed by atoms with Gasteiger partial charge in [0.1, 0.15) is 16.7 Å². The van der Waals surface area contributed by atoms with Crippen LogP contribution >= 0.6 is 46.3 Å². The van der Waals surface area contributed by atoms with Crippen LogP contribution in [0.5, 0.6) is 5.75 Å². The zero-order valence-corrected chi connectivity index (χ0v) is 30.7. The van der Waals surface area contributed by atoms with Crippen LogP contribution in [0.2, 0.25) is 10.0 Å². The first-order valence-electron chi connectivity index (χ1n) is 15.8. The van der Waals surface area contributed by atoms with Crippen molar-refractivity contribution in [3.63, 3.8) is 0 Å². The molecule has 3 amide bonds. The molecule has 3 N–H and O–H groups in total. The van der Waals surface area contributed by atoms with Crippen LogP contribution in [0.3, 0.4) is 0 Å². The summed E-state index contributed by atoms with van der Waals surface area (Å²) < 4.78 is 5.48. The summed E-state index contributed by atoms with van der Waals surface area (Å²) in [5, 5.41) is 10.9. The van der Waals surface area contributed by atoms with Crippen molar-refractivity contribution >= 4 is 80.9 Å². The molecule has 52 heavy (non-hydrogen) atoms. The highest BCUT2D eigenvalue weighted by atomic mass is 35.5. The van der Waals surface area contributed by atoms with Gasteiger partial charge in [-0.1, -0.05) is 89.9 Å². The van der Waals surface area contributed by atoms with Crippen LogP contribution in [0, 0.1) is 0 Å². The SMILES string of the molecule is COc1ccccc1-c1csc(NC(=O)C(Sc2ccc(NC(=O)/C(=C/c3c(Cl)cccc3Cl)NC(=O)c3ccccc3)cc2)c2ccccc2)n1. The number of anilines is 2. The number of halogens is 2. The molecule has 0 aliphatic rings. The van der Waals surface area contributed by atoms with Crippen molar-refractivity contribution in [1.29, 1.82) is 0 Å². The second-order valence-corrected chi connectivity index (χ2v) is 14.0. The maximum absolute atomic E-state index is 13.8. The minimum absolute atomic E-state index is 0.0563. The predicted molar refractivity (Wildman–Crippen MR) is 211 cm³/mol. The van der Waals surface area contributed by atoms with Gasteiger partial charge in [0.2, 0.25) is 5.91 Å². The molecular weight excluding hydrogens is 736 g/mol. The van der Waals surface area contributed by atoms with Gasteiger partial charge in [-0.05, 0) is 72.3 Å². The molecule has 1 unspecified atom stereocenters. The van der Waals surface area contributed by atoms with E-state index in [0.717, 1.165) is 16.0 Å². The third-order valence-corrected chi connectivity index (χ3v) is 10.3. The van der Waals surface area contributed by atoms with E-state index in [4.69, 9.17) is 27.9 Å². The Morgan fingerprint density at radius 2 is 1.44 bits per heavy atom. The number of nitrogens with zero attached hydrogens (tertiary/aromatic N) is 1. The number of para-hydroxylation sites is 1. The second kappa shape index (κ2) is 17.2. The van der Waals surface area contributed by atoms with E-state index in [1.165, 1.54) is 29.2 Å². The third kappa shape index (κ3) is 9.09. The summed E-state index contributed by atoms with van der Waals surface area (Å²) in [4.78, 5) is 45.8. The van der Waals surface area contributed by atoms with Crippen molar-refractivity contribution in [2.75, 3.05) is 17.7 Å². The van der Waals surface area contributed by atoms with Crippen LogP contribution in [0.15, 0.2) is 143 Å². The molecule has 1 atom stereocenters. The lowest BCUT2D eigenvalue weighted by molar-refractivity contribution is -0.116. The van der Waals surface area contributed by atoms with E-state index in [2.05, 4.69) is 20.9 Å². The number of carbonyl (C=O) groups excluding carboxylic acids is 3. The number of aromatic nitrogens is 1. The molecule has 0 bridgehead atoms. The van der Waals surface area contributed by atoms with E-state index in [1.54, 1.807) is 67.8 Å². The maximum atomic E-state index is 13.8. The van der Waals surface area contributed by atoms with Gasteiger partial charge in [-0.15, -0.1) is 23.1 Å². The summed E-state index contributed by atoms with van der Waals surface area (Å²) in [6.07, 6.45) is 1.44. The van der Waals surface area contributed by atoms with Gasteiger partial charge in [-0.3, -0.25) is 14.4 Å². The first kappa shape index (κ1) is 36.4. The van der Waals surface area contributed by atoms with Gasteiger partial charge in [0, 0.05) is 42.7 Å². The minimum atomic E-state index is -0.608. The molecule has 260 valence electrons. The van der Waals surface area contributed by atoms with Crippen molar-refractivity contribution in [2.24, 2.45) is 0 Å². The Morgan fingerprint density at radius 1 is 0.788 bits per heavy atom. The molecule has 6 aromatic rings. The van der Waals surface area contributed by atoms with Crippen LogP contribution < -0.4 is 20.7 Å². The van der Waals surface area contributed by atoms with Gasteiger partial charge in [0.25, 0.3) is 11.8 Å². The standard InChI is InChI=1S/C40H30Cl2N4O4S2/c1-50-35-18-9-8-15-29(35)34-24-51-40(45-34)46-39(49)36(25-11-4-2-5-12-25)52-28-21-19-27(20-22-28)43-38(48)33(23-30-31(41)16-10-17-32(30)42)44-37(47)26-13-6-3-7-14-26/h2-24,36H,1H3,(H,43,48)(H,44,47)(H,45,46,49)/b33-23-. The lowest BCUT2D eigenvalue weighted by atomic mass is 10.1. The molecule has 0 saturated carbocycles. The smallest absolute Gasteiger partial charge is 0.272 e. The van der Waals surface area contributed by atoms with E-state index >= 15 is 0 Å². The number of rotatable bonds is 12. The number of carbonyl (C=O) groups is 3. The van der Waals surface area contributed by atoms with E-state index in [1.807, 2.05) is 72.1 Å². The Labute approximate surface area is 318 Å². The van der Waals surface area contributed by atoms with Gasteiger partial charge in [-0.2, -0.15) is 0 Å². The number of benzene rings is 5. The van der Waals surface area contributed by atoms with Crippen LogP contribution in [-0.2, 0) is 9.59 Å². The summed E-state index contributed by atoms with van der Waals surface area (Å²) in [5.74, 6) is -0.608. The minimum Gasteiger partial charge on any atom is -0.496 e. The first-order chi connectivity index (χ1) is 25.3. The maximum Gasteiger partial charge on any atom is 0.272 e. The molecule has 12 heteroatoms. The van der Waals surface area contributed by atoms with Crippen LogP contribution in [-0.4, -0.2) is 29.8 Å². The molecule has 8 nitrogen and oxygen atoms in total. The van der Waals surface area contributed by atoms with Gasteiger partial charge in [0.05, 0.1) is 12.8 Å². The average Bonchev–Trinajstić information content (AvgIpc) is 3.64. The van der Waals surface area contributed by atoms with Gasteiger partial charge in [-0.25, -0.2) is 4.98 Å². The van der Waals surface area contributed by atoms with Gasteiger partial charge in [0.15, 0.2) is 5.13 Å². The molecule has 0 aliphatic heterocycles. The number of thioether (sulfide) groups is 1. The highest BCUT2D eigenvalue weighted by molar-refractivity contribution is 8.00. The number of ether oxygens (including phenoxy) is 1. The summed E-state index contributed by atoms with van der Waals surface area (Å²) in [6.45, 7) is 0. The molecule has 0 saturated heterocycles. The van der Waals surface area contributed by atoms with Crippen molar-refractivity contribution in [3.05, 3.63) is 165 Å². The quantitative estimate of drug-likeness (QED) is 0.0846. The van der Waals surface area contributed by atoms with Crippen molar-refractivity contribution in [3.8, 4) is 17.0 Å². The normalized spacial score (nSPS) is 11.7. The number of amides is 3. The van der Waals surface area contributed by atoms with Gasteiger partial charge >= 0.3 is 0 Å². The third-order valence-electron chi connectivity index (χ3n) is 7.64. The van der Waals surface area contributed by atoms with E-state index in [9.17, 15) is 14.4 Å². The fourth-order valence-electron chi connectivity index (χ4n) is 5.07. The Kier molecular flexibility index (Phi) is 12.1. The average molecular weight is 766 g/mol. The molecule has 0 radical (unpaired) electrons. The Morgan fingerprint density at radius 3 is 2.13 bits per heavy atom. The summed E-state index contributed by atoms with van der Waals surface area (Å²) in [7, 11) is 1.61. The number of nitrogens with one attached hydrogen (secondary N) is 3. The molecule has 1 heterocycles. The Hall–Kier alpha value is -5.39. The van der Waals surface area contributed by atoms with Gasteiger partial charge < -0.3 is 20.7 Å². The molecule has 1 aromatic heterocycles. The highest BCUT2D eigenvalue weighted by Gasteiger charge is 2.24. The number of thiazole rings is 1. The zero-order valence-electron chi connectivity index (χ0n) is 27.5. The van der Waals surface area contributed by atoms with Crippen LogP contribution in [0.25, 0.3) is 17.3 Å². The van der Waals surface area contributed by atoms with Crippen molar-refractivity contribution in [1.82, 2.24) is 10.3 Å². The lowest BCUT2D eigenvalue weighted by Gasteiger charge is -2.17. The fraction of sp³-hybridized carbons (Fsp3) is 0.0500. The number of hydrogen-bond acceptors (Lipinski definition) is 7. The second-order valence-electron chi connectivity index (χ2n) is 11.1. The molecular formula is C40H30Cl2N4O4S2. The summed E-state index contributed by atoms with van der Waals surface area (Å²) >= 11 is 15.5. The topological polar surface area (TPSA) is 109 Å². The fourth-order valence-corrected chi connectivity index (χ4v) is 7.31.